The van der Waals surface area contributed by atoms with Crippen LogP contribution >= 0.6 is 0 Å². The normalized spacial score (nSPS) is 20.1. The summed E-state index contributed by atoms with van der Waals surface area (Å²) in [6, 6.07) is 19.6. The molecule has 0 spiro atoms. The van der Waals surface area contributed by atoms with Crippen LogP contribution in [0.2, 0.25) is 0 Å². The second-order valence-electron chi connectivity index (χ2n) is 6.53. The highest BCUT2D eigenvalue weighted by Gasteiger charge is 2.32. The van der Waals surface area contributed by atoms with Crippen LogP contribution in [0.1, 0.15) is 33.8 Å². The fraction of sp³-hybridized carbons (Fsp3) is 0.333. The van der Waals surface area contributed by atoms with Gasteiger partial charge in [-0.1, -0.05) is 42.5 Å². The third-order valence-corrected chi connectivity index (χ3v) is 4.94. The molecule has 0 unspecified atom stereocenters. The van der Waals surface area contributed by atoms with E-state index in [9.17, 15) is 9.90 Å². The second kappa shape index (κ2) is 7.96. The Morgan fingerprint density at radius 1 is 1.20 bits per heavy atom. The predicted octanol–water partition coefficient (Wildman–Crippen LogP) is 2.99. The number of carbonyl (C=O) groups is 1. The lowest BCUT2D eigenvalue weighted by molar-refractivity contribution is 0.0578. The van der Waals surface area contributed by atoms with Crippen LogP contribution in [0.25, 0.3) is 0 Å². The molecule has 1 aliphatic rings. The number of carbonyl (C=O) groups excluding carboxylic acids is 1. The molecule has 0 radical (unpaired) electrons. The van der Waals surface area contributed by atoms with Gasteiger partial charge in [0, 0.05) is 31.2 Å². The Hall–Kier alpha value is -2.64. The maximum atomic E-state index is 12.8. The largest absolute Gasteiger partial charge is 0.396 e. The first-order valence-corrected chi connectivity index (χ1v) is 8.64. The number of likely N-dealkylation sites (tertiary alicyclic amines) is 1. The van der Waals surface area contributed by atoms with Gasteiger partial charge in [0.05, 0.1) is 12.5 Å². The highest BCUT2D eigenvalue weighted by Crippen LogP contribution is 2.33. The molecule has 3 rings (SSSR count). The summed E-state index contributed by atoms with van der Waals surface area (Å²) in [6.07, 6.45) is 1.15. The van der Waals surface area contributed by atoms with Crippen LogP contribution in [0.15, 0.2) is 54.6 Å². The first-order valence-electron chi connectivity index (χ1n) is 8.64. The topological polar surface area (TPSA) is 64.3 Å². The molecule has 1 aliphatic heterocycles. The molecule has 1 heterocycles. The molecule has 128 valence electrons. The molecule has 4 heteroatoms. The van der Waals surface area contributed by atoms with Crippen molar-refractivity contribution in [2.45, 2.75) is 18.8 Å². The van der Waals surface area contributed by atoms with Crippen molar-refractivity contribution in [3.8, 4) is 6.07 Å². The van der Waals surface area contributed by atoms with Crippen molar-refractivity contribution >= 4 is 5.91 Å². The molecule has 1 fully saturated rings. The van der Waals surface area contributed by atoms with Crippen LogP contribution in [0.3, 0.4) is 0 Å². The van der Waals surface area contributed by atoms with E-state index in [0.717, 1.165) is 12.0 Å². The molecule has 1 N–H and O–H groups in total. The summed E-state index contributed by atoms with van der Waals surface area (Å²) in [4.78, 5) is 14.6. The van der Waals surface area contributed by atoms with E-state index < -0.39 is 0 Å². The van der Waals surface area contributed by atoms with E-state index in [2.05, 4.69) is 18.2 Å². The Morgan fingerprint density at radius 3 is 2.72 bits per heavy atom. The minimum Gasteiger partial charge on any atom is -0.396 e. The molecular formula is C21H22N2O2. The molecule has 4 nitrogen and oxygen atoms in total. The zero-order valence-corrected chi connectivity index (χ0v) is 14.1. The average Bonchev–Trinajstić information content (AvgIpc) is 2.68. The first-order chi connectivity index (χ1) is 12.2. The van der Waals surface area contributed by atoms with Crippen molar-refractivity contribution in [1.82, 2.24) is 4.90 Å². The molecule has 2 atom stereocenters. The molecule has 0 aromatic heterocycles. The summed E-state index contributed by atoms with van der Waals surface area (Å²) in [5.74, 6) is 0.298. The lowest BCUT2D eigenvalue weighted by Gasteiger charge is -2.38. The third-order valence-electron chi connectivity index (χ3n) is 4.94. The molecule has 1 saturated heterocycles. The first kappa shape index (κ1) is 17.2. The number of amides is 1. The van der Waals surface area contributed by atoms with Gasteiger partial charge in [0.2, 0.25) is 0 Å². The maximum Gasteiger partial charge on any atom is 0.253 e. The standard InChI is InChI=1S/C21H22N2O2/c22-11-9-16-5-4-8-18(13-16)21(25)23-12-10-20(19(14-23)15-24)17-6-2-1-3-7-17/h1-8,13,19-20,24H,9-10,12,14-15H2/t19-,20+/m1/s1. The van der Waals surface area contributed by atoms with E-state index in [1.165, 1.54) is 5.56 Å². The number of hydrogen-bond donors (Lipinski definition) is 1. The second-order valence-corrected chi connectivity index (χ2v) is 6.53. The summed E-state index contributed by atoms with van der Waals surface area (Å²) < 4.78 is 0. The quantitative estimate of drug-likeness (QED) is 0.935. The number of hydrogen-bond acceptors (Lipinski definition) is 3. The molecule has 2 aromatic carbocycles. The number of aliphatic hydroxyl groups excluding tert-OH is 1. The van der Waals surface area contributed by atoms with Crippen molar-refractivity contribution < 1.29 is 9.90 Å². The molecule has 1 amide bonds. The number of benzene rings is 2. The fourth-order valence-electron chi connectivity index (χ4n) is 3.63. The molecular weight excluding hydrogens is 312 g/mol. The predicted molar refractivity (Wildman–Crippen MR) is 96.0 cm³/mol. The van der Waals surface area contributed by atoms with Crippen LogP contribution in [0, 0.1) is 17.2 Å². The van der Waals surface area contributed by atoms with E-state index in [4.69, 9.17) is 5.26 Å². The summed E-state index contributed by atoms with van der Waals surface area (Å²) in [6.45, 7) is 1.30. The average molecular weight is 334 g/mol. The number of piperidine rings is 1. The Morgan fingerprint density at radius 2 is 2.00 bits per heavy atom. The van der Waals surface area contributed by atoms with Crippen LogP contribution in [0.4, 0.5) is 0 Å². The van der Waals surface area contributed by atoms with Gasteiger partial charge in [-0.15, -0.1) is 0 Å². The monoisotopic (exact) mass is 334 g/mol. The van der Waals surface area contributed by atoms with Crippen molar-refractivity contribution in [3.05, 3.63) is 71.3 Å². The van der Waals surface area contributed by atoms with Crippen molar-refractivity contribution in [3.63, 3.8) is 0 Å². The lowest BCUT2D eigenvalue weighted by Crippen LogP contribution is -2.44. The number of rotatable bonds is 4. The van der Waals surface area contributed by atoms with Gasteiger partial charge < -0.3 is 10.0 Å². The van der Waals surface area contributed by atoms with Crippen molar-refractivity contribution in [2.75, 3.05) is 19.7 Å². The van der Waals surface area contributed by atoms with Crippen LogP contribution < -0.4 is 0 Å². The van der Waals surface area contributed by atoms with Crippen LogP contribution in [0.5, 0.6) is 0 Å². The highest BCUT2D eigenvalue weighted by molar-refractivity contribution is 5.94. The SMILES string of the molecule is N#CCc1cccc(C(=O)N2CC[C@@H](c3ccccc3)[C@@H](CO)C2)c1. The van der Waals surface area contributed by atoms with E-state index in [1.807, 2.05) is 35.2 Å². The Labute approximate surface area is 148 Å². The minimum absolute atomic E-state index is 0.0234. The highest BCUT2D eigenvalue weighted by atomic mass is 16.3. The summed E-state index contributed by atoms with van der Waals surface area (Å²) in [7, 11) is 0. The third kappa shape index (κ3) is 3.89. The van der Waals surface area contributed by atoms with Crippen LogP contribution in [-0.4, -0.2) is 35.6 Å². The van der Waals surface area contributed by atoms with E-state index in [0.29, 0.717) is 25.1 Å². The van der Waals surface area contributed by atoms with Gasteiger partial charge in [0.1, 0.15) is 0 Å². The molecule has 0 bridgehead atoms. The van der Waals surface area contributed by atoms with Gasteiger partial charge in [-0.2, -0.15) is 5.26 Å². The van der Waals surface area contributed by atoms with Gasteiger partial charge in [0.15, 0.2) is 0 Å². The minimum atomic E-state index is -0.0234. The fourth-order valence-corrected chi connectivity index (χ4v) is 3.63. The maximum absolute atomic E-state index is 12.8. The van der Waals surface area contributed by atoms with E-state index in [-0.39, 0.29) is 24.3 Å². The molecule has 2 aromatic rings. The van der Waals surface area contributed by atoms with Gasteiger partial charge in [-0.25, -0.2) is 0 Å². The van der Waals surface area contributed by atoms with E-state index in [1.54, 1.807) is 12.1 Å². The van der Waals surface area contributed by atoms with Crippen LogP contribution in [-0.2, 0) is 6.42 Å². The smallest absolute Gasteiger partial charge is 0.253 e. The molecule has 25 heavy (non-hydrogen) atoms. The molecule has 0 aliphatic carbocycles. The van der Waals surface area contributed by atoms with Gasteiger partial charge >= 0.3 is 0 Å². The number of aliphatic hydroxyl groups is 1. The Kier molecular flexibility index (Phi) is 5.47. The summed E-state index contributed by atoms with van der Waals surface area (Å²) in [5, 5.41) is 18.7. The Bertz CT molecular complexity index is 767. The number of nitriles is 1. The van der Waals surface area contributed by atoms with Crippen molar-refractivity contribution in [2.24, 2.45) is 5.92 Å². The molecule has 0 saturated carbocycles. The zero-order chi connectivity index (χ0) is 17.6. The van der Waals surface area contributed by atoms with E-state index >= 15 is 0 Å². The lowest BCUT2D eigenvalue weighted by atomic mass is 9.80. The zero-order valence-electron chi connectivity index (χ0n) is 14.1. The summed E-state index contributed by atoms with van der Waals surface area (Å²) in [5.41, 5.74) is 2.69. The van der Waals surface area contributed by atoms with Crippen molar-refractivity contribution in [1.29, 1.82) is 5.26 Å². The van der Waals surface area contributed by atoms with Gasteiger partial charge in [-0.05, 0) is 35.6 Å². The van der Waals surface area contributed by atoms with Gasteiger partial charge in [0.25, 0.3) is 5.91 Å². The Balaban J connectivity index is 1.74. The van der Waals surface area contributed by atoms with Gasteiger partial charge in [-0.3, -0.25) is 4.79 Å². The number of nitrogens with zero attached hydrogens (tertiary/aromatic N) is 2. The summed E-state index contributed by atoms with van der Waals surface area (Å²) >= 11 is 0.